The highest BCUT2D eigenvalue weighted by Gasteiger charge is 2.07. The van der Waals surface area contributed by atoms with E-state index in [1.807, 2.05) is 0 Å². The second-order valence-corrected chi connectivity index (χ2v) is 5.41. The van der Waals surface area contributed by atoms with Crippen LogP contribution in [0.2, 0.25) is 10.3 Å². The van der Waals surface area contributed by atoms with Crippen LogP contribution in [0.1, 0.15) is 16.1 Å². The summed E-state index contributed by atoms with van der Waals surface area (Å²) >= 11 is 14.7. The number of carbonyl (C=O) groups excluding carboxylic acids is 1. The highest BCUT2D eigenvalue weighted by Crippen LogP contribution is 2.19. The molecule has 9 heteroatoms. The quantitative estimate of drug-likeness (QED) is 0.624. The molecule has 0 aliphatic carbocycles. The number of halogens is 3. The number of hydrogen-bond donors (Lipinski definition) is 2. The summed E-state index contributed by atoms with van der Waals surface area (Å²) in [6.45, 7) is 0. The Labute approximate surface area is 138 Å². The number of hydrogen-bond acceptors (Lipinski definition) is 5. The van der Waals surface area contributed by atoms with Crippen molar-refractivity contribution in [3.63, 3.8) is 0 Å². The van der Waals surface area contributed by atoms with Gasteiger partial charge in [-0.2, -0.15) is 5.10 Å². The zero-order chi connectivity index (χ0) is 15.4. The smallest absolute Gasteiger partial charge is 0.271 e. The van der Waals surface area contributed by atoms with Crippen LogP contribution >= 0.6 is 39.1 Å². The van der Waals surface area contributed by atoms with Gasteiger partial charge in [0.1, 0.15) is 5.69 Å². The molecule has 0 aliphatic heterocycles. The Hall–Kier alpha value is -1.70. The van der Waals surface area contributed by atoms with Crippen LogP contribution in [0, 0.1) is 0 Å². The molecular weight excluding hydrogens is 381 g/mol. The Bertz CT molecular complexity index is 706. The highest BCUT2D eigenvalue weighted by molar-refractivity contribution is 9.10. The third-order valence-electron chi connectivity index (χ3n) is 2.33. The van der Waals surface area contributed by atoms with Gasteiger partial charge in [-0.25, -0.2) is 15.4 Å². The molecule has 108 valence electrons. The molecule has 0 radical (unpaired) electrons. The van der Waals surface area contributed by atoms with Crippen molar-refractivity contribution in [3.8, 4) is 0 Å². The number of amides is 1. The van der Waals surface area contributed by atoms with E-state index in [0.717, 1.165) is 4.47 Å². The molecule has 3 N–H and O–H groups in total. The van der Waals surface area contributed by atoms with Crippen LogP contribution in [-0.2, 0) is 0 Å². The van der Waals surface area contributed by atoms with Crippen molar-refractivity contribution in [2.24, 2.45) is 5.10 Å². The van der Waals surface area contributed by atoms with Crippen molar-refractivity contribution in [3.05, 3.63) is 50.3 Å². The first-order chi connectivity index (χ1) is 9.97. The van der Waals surface area contributed by atoms with Crippen LogP contribution in [0.25, 0.3) is 0 Å². The van der Waals surface area contributed by atoms with Crippen molar-refractivity contribution in [1.29, 1.82) is 0 Å². The van der Waals surface area contributed by atoms with Crippen LogP contribution in [0.5, 0.6) is 0 Å². The van der Waals surface area contributed by atoms with Gasteiger partial charge in [-0.05, 0) is 24.3 Å². The van der Waals surface area contributed by atoms with E-state index in [0.29, 0.717) is 5.56 Å². The van der Waals surface area contributed by atoms with Gasteiger partial charge >= 0.3 is 0 Å². The van der Waals surface area contributed by atoms with E-state index in [9.17, 15) is 4.79 Å². The standard InChI is InChI=1S/C12H8BrCl2N5O/c13-7-3-1-6(2-4-7)12(21)20-17-5-8-11(16)19-10(15)9(14)18-8/h1-5H,(H2,16,19)(H,20,21)/b17-5-. The number of benzene rings is 1. The van der Waals surface area contributed by atoms with Crippen LogP contribution in [0.4, 0.5) is 5.82 Å². The second-order valence-electron chi connectivity index (χ2n) is 3.78. The minimum Gasteiger partial charge on any atom is -0.382 e. The van der Waals surface area contributed by atoms with Crippen molar-refractivity contribution in [1.82, 2.24) is 15.4 Å². The predicted molar refractivity (Wildman–Crippen MR) is 85.7 cm³/mol. The van der Waals surface area contributed by atoms with Crippen molar-refractivity contribution in [2.75, 3.05) is 5.73 Å². The van der Waals surface area contributed by atoms with Crippen LogP contribution in [0.15, 0.2) is 33.8 Å². The molecule has 0 aliphatic rings. The van der Waals surface area contributed by atoms with Gasteiger partial charge in [-0.3, -0.25) is 4.79 Å². The Morgan fingerprint density at radius 1 is 1.24 bits per heavy atom. The van der Waals surface area contributed by atoms with E-state index in [1.54, 1.807) is 24.3 Å². The number of nitrogens with zero attached hydrogens (tertiary/aromatic N) is 3. The second kappa shape index (κ2) is 6.84. The number of rotatable bonds is 3. The average Bonchev–Trinajstić information content (AvgIpc) is 2.45. The Balaban J connectivity index is 2.07. The van der Waals surface area contributed by atoms with Crippen LogP contribution in [-0.4, -0.2) is 22.1 Å². The molecular formula is C12H8BrCl2N5O. The van der Waals surface area contributed by atoms with E-state index in [2.05, 4.69) is 36.4 Å². The number of nitrogens with one attached hydrogen (secondary N) is 1. The first-order valence-corrected chi connectivity index (χ1v) is 7.09. The number of nitrogen functional groups attached to an aromatic ring is 1. The fraction of sp³-hybridized carbons (Fsp3) is 0. The summed E-state index contributed by atoms with van der Waals surface area (Å²) in [5, 5.41) is 3.76. The molecule has 1 heterocycles. The van der Waals surface area contributed by atoms with Gasteiger partial charge < -0.3 is 5.73 Å². The number of nitrogens with two attached hydrogens (primary N) is 1. The van der Waals surface area contributed by atoms with Crippen LogP contribution in [0.3, 0.4) is 0 Å². The molecule has 0 unspecified atom stereocenters. The molecule has 0 atom stereocenters. The summed E-state index contributed by atoms with van der Waals surface area (Å²) in [5.74, 6) is -0.309. The summed E-state index contributed by atoms with van der Waals surface area (Å²) in [7, 11) is 0. The summed E-state index contributed by atoms with van der Waals surface area (Å²) in [4.78, 5) is 19.5. The SMILES string of the molecule is Nc1nc(Cl)c(Cl)nc1/C=N\NC(=O)c1ccc(Br)cc1. The van der Waals surface area contributed by atoms with E-state index >= 15 is 0 Å². The maximum absolute atomic E-state index is 11.8. The third kappa shape index (κ3) is 4.13. The fourth-order valence-corrected chi connectivity index (χ4v) is 1.86. The zero-order valence-corrected chi connectivity index (χ0v) is 13.4. The maximum atomic E-state index is 11.8. The van der Waals surface area contributed by atoms with Crippen molar-refractivity contribution < 1.29 is 4.79 Å². The normalized spacial score (nSPS) is 10.8. The molecule has 6 nitrogen and oxygen atoms in total. The molecule has 2 aromatic rings. The van der Waals surface area contributed by atoms with Gasteiger partial charge in [0.05, 0.1) is 6.21 Å². The van der Waals surface area contributed by atoms with Crippen molar-refractivity contribution in [2.45, 2.75) is 0 Å². The molecule has 0 saturated carbocycles. The molecule has 1 aromatic carbocycles. The minimum atomic E-state index is -0.370. The van der Waals surface area contributed by atoms with Gasteiger partial charge in [-0.1, -0.05) is 39.1 Å². The van der Waals surface area contributed by atoms with E-state index in [1.165, 1.54) is 6.21 Å². The largest absolute Gasteiger partial charge is 0.382 e. The lowest BCUT2D eigenvalue weighted by Gasteiger charge is -2.02. The van der Waals surface area contributed by atoms with Gasteiger partial charge in [-0.15, -0.1) is 0 Å². The number of hydrazone groups is 1. The topological polar surface area (TPSA) is 93.3 Å². The average molecular weight is 389 g/mol. The molecule has 2 rings (SSSR count). The van der Waals surface area contributed by atoms with E-state index < -0.39 is 0 Å². The predicted octanol–water partition coefficient (Wildman–Crippen LogP) is 2.89. The first kappa shape index (κ1) is 15.7. The van der Waals surface area contributed by atoms with Gasteiger partial charge in [0.2, 0.25) is 0 Å². The Morgan fingerprint density at radius 3 is 2.52 bits per heavy atom. The number of aromatic nitrogens is 2. The summed E-state index contributed by atoms with van der Waals surface area (Å²) in [6, 6.07) is 6.81. The lowest BCUT2D eigenvalue weighted by molar-refractivity contribution is 0.0955. The molecule has 0 fully saturated rings. The molecule has 21 heavy (non-hydrogen) atoms. The summed E-state index contributed by atoms with van der Waals surface area (Å²) < 4.78 is 0.876. The van der Waals surface area contributed by atoms with Gasteiger partial charge in [0.15, 0.2) is 16.1 Å². The summed E-state index contributed by atoms with van der Waals surface area (Å²) in [6.07, 6.45) is 1.24. The van der Waals surface area contributed by atoms with Gasteiger partial charge in [0, 0.05) is 10.0 Å². The highest BCUT2D eigenvalue weighted by atomic mass is 79.9. The van der Waals surface area contributed by atoms with E-state index in [-0.39, 0.29) is 27.7 Å². The molecule has 1 amide bonds. The van der Waals surface area contributed by atoms with Crippen molar-refractivity contribution >= 4 is 57.1 Å². The van der Waals surface area contributed by atoms with E-state index in [4.69, 9.17) is 28.9 Å². The Kier molecular flexibility index (Phi) is 5.11. The van der Waals surface area contributed by atoms with Gasteiger partial charge in [0.25, 0.3) is 5.91 Å². The maximum Gasteiger partial charge on any atom is 0.271 e. The lowest BCUT2D eigenvalue weighted by Crippen LogP contribution is -2.17. The van der Waals surface area contributed by atoms with Crippen LogP contribution < -0.4 is 11.2 Å². The number of carbonyl (C=O) groups is 1. The first-order valence-electron chi connectivity index (χ1n) is 5.55. The Morgan fingerprint density at radius 2 is 1.86 bits per heavy atom. The molecule has 0 bridgehead atoms. The lowest BCUT2D eigenvalue weighted by atomic mass is 10.2. The molecule has 1 aromatic heterocycles. The zero-order valence-electron chi connectivity index (χ0n) is 10.3. The third-order valence-corrected chi connectivity index (χ3v) is 3.48. The molecule has 0 spiro atoms. The fourth-order valence-electron chi connectivity index (χ4n) is 1.33. The summed E-state index contributed by atoms with van der Waals surface area (Å²) in [5.41, 5.74) is 8.62. The number of anilines is 1. The monoisotopic (exact) mass is 387 g/mol. The minimum absolute atomic E-state index is 0.00483. The molecule has 0 saturated heterocycles.